The molecule has 1 aromatic rings. The fraction of sp³-hybridized carbons (Fsp3) is 0.333. The van der Waals surface area contributed by atoms with E-state index in [2.05, 4.69) is 4.74 Å². The molecule has 0 saturated carbocycles. The maximum absolute atomic E-state index is 12.2. The van der Waals surface area contributed by atoms with Crippen LogP contribution in [0, 0.1) is 0 Å². The van der Waals surface area contributed by atoms with Crippen LogP contribution in [0.5, 0.6) is 5.75 Å². The molecule has 18 heavy (non-hydrogen) atoms. The minimum atomic E-state index is -5.58. The van der Waals surface area contributed by atoms with Gasteiger partial charge in [-0.25, -0.2) is 0 Å². The fourth-order valence-corrected chi connectivity index (χ4v) is 1.08. The summed E-state index contributed by atoms with van der Waals surface area (Å²) in [4.78, 5) is 0. The monoisotopic (exact) mass is 274 g/mol. The van der Waals surface area contributed by atoms with Gasteiger partial charge in [-0.15, -0.1) is 0 Å². The largest absolute Gasteiger partial charge is 0.471 e. The summed E-state index contributed by atoms with van der Waals surface area (Å²) in [5.41, 5.74) is 10.4. The molecular formula is C9H8F6N2O. The van der Waals surface area contributed by atoms with Crippen molar-refractivity contribution in [2.75, 3.05) is 11.5 Å². The van der Waals surface area contributed by atoms with Crippen LogP contribution in [0.15, 0.2) is 18.2 Å². The highest BCUT2D eigenvalue weighted by Gasteiger charge is 2.59. The fourth-order valence-electron chi connectivity index (χ4n) is 1.08. The Bertz CT molecular complexity index is 414. The Morgan fingerprint density at radius 2 is 1.39 bits per heavy atom. The van der Waals surface area contributed by atoms with Gasteiger partial charge in [0.15, 0.2) is 0 Å². The standard InChI is InChI=1S/C9H8F6N2O/c10-8(11,12)7(9(13,14)15)18-4-1-2-5(16)6(17)3-4/h1-3,7H,16-17H2. The minimum absolute atomic E-state index is 0.0258. The second-order valence-electron chi connectivity index (χ2n) is 3.37. The predicted molar refractivity (Wildman–Crippen MR) is 51.8 cm³/mol. The predicted octanol–water partition coefficient (Wildman–Crippen LogP) is 2.72. The Morgan fingerprint density at radius 1 is 0.889 bits per heavy atom. The molecule has 0 bridgehead atoms. The topological polar surface area (TPSA) is 61.3 Å². The maximum atomic E-state index is 12.2. The van der Waals surface area contributed by atoms with Crippen LogP contribution in [-0.4, -0.2) is 18.5 Å². The van der Waals surface area contributed by atoms with Crippen LogP contribution >= 0.6 is 0 Å². The minimum Gasteiger partial charge on any atom is -0.471 e. The zero-order chi connectivity index (χ0) is 14.1. The zero-order valence-electron chi connectivity index (χ0n) is 8.64. The Morgan fingerprint density at radius 3 is 1.78 bits per heavy atom. The molecule has 0 heterocycles. The van der Waals surface area contributed by atoms with E-state index in [4.69, 9.17) is 11.5 Å². The van der Waals surface area contributed by atoms with Gasteiger partial charge in [-0.1, -0.05) is 0 Å². The van der Waals surface area contributed by atoms with Gasteiger partial charge in [-0.05, 0) is 12.1 Å². The molecular weight excluding hydrogens is 266 g/mol. The molecule has 102 valence electrons. The van der Waals surface area contributed by atoms with Crippen LogP contribution in [0.3, 0.4) is 0 Å². The first kappa shape index (κ1) is 14.3. The summed E-state index contributed by atoms with van der Waals surface area (Å²) >= 11 is 0. The van der Waals surface area contributed by atoms with E-state index in [1.807, 2.05) is 0 Å². The molecule has 0 spiro atoms. The van der Waals surface area contributed by atoms with Gasteiger partial charge in [-0.3, -0.25) is 0 Å². The number of anilines is 2. The van der Waals surface area contributed by atoms with Gasteiger partial charge in [0, 0.05) is 6.07 Å². The van der Waals surface area contributed by atoms with Gasteiger partial charge >= 0.3 is 12.4 Å². The lowest BCUT2D eigenvalue weighted by atomic mass is 10.2. The third-order valence-corrected chi connectivity index (χ3v) is 1.91. The molecule has 0 amide bonds. The molecule has 1 aromatic carbocycles. The Labute approximate surface area is 97.3 Å². The van der Waals surface area contributed by atoms with E-state index in [9.17, 15) is 26.3 Å². The van der Waals surface area contributed by atoms with Gasteiger partial charge in [0.05, 0.1) is 11.4 Å². The number of hydrogen-bond acceptors (Lipinski definition) is 3. The highest BCUT2D eigenvalue weighted by molar-refractivity contribution is 5.65. The van der Waals surface area contributed by atoms with Crippen LogP contribution in [0.2, 0.25) is 0 Å². The van der Waals surface area contributed by atoms with E-state index in [0.717, 1.165) is 18.2 Å². The van der Waals surface area contributed by atoms with Crippen LogP contribution in [-0.2, 0) is 0 Å². The first-order valence-electron chi connectivity index (χ1n) is 4.47. The average Bonchev–Trinajstić information content (AvgIpc) is 2.16. The van der Waals surface area contributed by atoms with Crippen LogP contribution in [0.25, 0.3) is 0 Å². The van der Waals surface area contributed by atoms with Gasteiger partial charge in [0.1, 0.15) is 5.75 Å². The zero-order valence-corrected chi connectivity index (χ0v) is 8.64. The summed E-state index contributed by atoms with van der Waals surface area (Å²) in [7, 11) is 0. The third-order valence-electron chi connectivity index (χ3n) is 1.91. The summed E-state index contributed by atoms with van der Waals surface area (Å²) in [5.74, 6) is -0.665. The number of hydrogen-bond donors (Lipinski definition) is 2. The van der Waals surface area contributed by atoms with Crippen molar-refractivity contribution in [1.82, 2.24) is 0 Å². The van der Waals surface area contributed by atoms with E-state index in [0.29, 0.717) is 0 Å². The van der Waals surface area contributed by atoms with Crippen LogP contribution in [0.1, 0.15) is 0 Å². The lowest BCUT2D eigenvalue weighted by molar-refractivity contribution is -0.299. The van der Waals surface area contributed by atoms with Crippen molar-refractivity contribution in [3.8, 4) is 5.75 Å². The lowest BCUT2D eigenvalue weighted by Gasteiger charge is -2.24. The molecule has 0 fully saturated rings. The van der Waals surface area contributed by atoms with E-state index < -0.39 is 24.2 Å². The van der Waals surface area contributed by atoms with Crippen molar-refractivity contribution >= 4 is 11.4 Å². The van der Waals surface area contributed by atoms with Crippen LogP contribution < -0.4 is 16.2 Å². The SMILES string of the molecule is Nc1ccc(OC(C(F)(F)F)C(F)(F)F)cc1N. The second-order valence-corrected chi connectivity index (χ2v) is 3.37. The molecule has 0 aliphatic rings. The molecule has 0 saturated heterocycles. The van der Waals surface area contributed by atoms with Crippen molar-refractivity contribution in [3.63, 3.8) is 0 Å². The summed E-state index contributed by atoms with van der Waals surface area (Å²) in [6, 6.07) is 2.71. The first-order valence-corrected chi connectivity index (χ1v) is 4.47. The number of benzene rings is 1. The van der Waals surface area contributed by atoms with Crippen molar-refractivity contribution in [3.05, 3.63) is 18.2 Å². The van der Waals surface area contributed by atoms with Gasteiger partial charge in [-0.2, -0.15) is 26.3 Å². The second kappa shape index (κ2) is 4.46. The van der Waals surface area contributed by atoms with Gasteiger partial charge in [0.25, 0.3) is 6.10 Å². The quantitative estimate of drug-likeness (QED) is 0.644. The van der Waals surface area contributed by atoms with Crippen molar-refractivity contribution in [2.45, 2.75) is 18.5 Å². The summed E-state index contributed by atoms with van der Waals surface area (Å²) < 4.78 is 77.0. The lowest BCUT2D eigenvalue weighted by Crippen LogP contribution is -2.46. The average molecular weight is 274 g/mol. The molecule has 4 N–H and O–H groups in total. The van der Waals surface area contributed by atoms with Crippen molar-refractivity contribution < 1.29 is 31.1 Å². The molecule has 0 aromatic heterocycles. The van der Waals surface area contributed by atoms with Crippen LogP contribution in [0.4, 0.5) is 37.7 Å². The molecule has 3 nitrogen and oxygen atoms in total. The molecule has 0 radical (unpaired) electrons. The van der Waals surface area contributed by atoms with Crippen molar-refractivity contribution in [1.29, 1.82) is 0 Å². The number of nitrogen functional groups attached to an aromatic ring is 2. The van der Waals surface area contributed by atoms with E-state index in [1.54, 1.807) is 0 Å². The van der Waals surface area contributed by atoms with Crippen molar-refractivity contribution in [2.24, 2.45) is 0 Å². The Hall–Kier alpha value is -1.80. The molecule has 0 aliphatic heterocycles. The molecule has 1 rings (SSSR count). The number of halogens is 6. The highest BCUT2D eigenvalue weighted by atomic mass is 19.4. The molecule has 9 heteroatoms. The number of nitrogens with two attached hydrogens (primary N) is 2. The normalized spacial score (nSPS) is 12.8. The first-order chi connectivity index (χ1) is 8.01. The third kappa shape index (κ3) is 3.34. The number of ether oxygens (including phenoxy) is 1. The summed E-state index contributed by atoms with van der Waals surface area (Å²) in [6.07, 6.45) is -15.1. The Balaban J connectivity index is 3.01. The summed E-state index contributed by atoms with van der Waals surface area (Å²) in [6.45, 7) is 0. The maximum Gasteiger partial charge on any atom is 0.434 e. The Kier molecular flexibility index (Phi) is 3.54. The number of rotatable bonds is 2. The summed E-state index contributed by atoms with van der Waals surface area (Å²) in [5, 5.41) is 0. The number of alkyl halides is 6. The van der Waals surface area contributed by atoms with E-state index in [-0.39, 0.29) is 11.4 Å². The van der Waals surface area contributed by atoms with E-state index >= 15 is 0 Å². The molecule has 0 unspecified atom stereocenters. The van der Waals surface area contributed by atoms with Gasteiger partial charge < -0.3 is 16.2 Å². The van der Waals surface area contributed by atoms with E-state index in [1.165, 1.54) is 0 Å². The molecule has 0 atom stereocenters. The smallest absolute Gasteiger partial charge is 0.434 e. The van der Waals surface area contributed by atoms with Gasteiger partial charge in [0.2, 0.25) is 0 Å². The molecule has 0 aliphatic carbocycles. The highest BCUT2D eigenvalue weighted by Crippen LogP contribution is 2.37.